The first-order valence-electron chi connectivity index (χ1n) is 9.35. The molecule has 0 spiro atoms. The lowest BCUT2D eigenvalue weighted by Gasteiger charge is -2.19. The number of benzene rings is 1. The molecule has 1 saturated heterocycles. The van der Waals surface area contributed by atoms with E-state index in [0.717, 1.165) is 5.56 Å². The number of aromatic nitrogens is 2. The summed E-state index contributed by atoms with van der Waals surface area (Å²) < 4.78 is 1.79. The van der Waals surface area contributed by atoms with E-state index < -0.39 is 0 Å². The minimum absolute atomic E-state index is 0.0181. The van der Waals surface area contributed by atoms with Crippen LogP contribution in [0.5, 0.6) is 0 Å². The molecule has 4 rings (SSSR count). The third-order valence-electron chi connectivity index (χ3n) is 5.57. The molecule has 1 N–H and O–H groups in total. The standard InChI is InChI=1S/C20H23N5O3/c1-13(26)24-10-15-9-23(2)20(28)18-17(22-12-25(18)16(15)11-24)19(27)21-8-14-6-4-3-5-7-14/h3-7,12,15-16H,8-11H2,1-2H3,(H,21,27)/t15-,16+/m1/s1. The monoisotopic (exact) mass is 381 g/mol. The van der Waals surface area contributed by atoms with Crippen molar-refractivity contribution in [2.24, 2.45) is 5.92 Å². The summed E-state index contributed by atoms with van der Waals surface area (Å²) in [4.78, 5) is 45.2. The fourth-order valence-electron chi connectivity index (χ4n) is 4.07. The Bertz CT molecular complexity index is 923. The number of amides is 3. The largest absolute Gasteiger partial charge is 0.347 e. The molecule has 1 fully saturated rings. The summed E-state index contributed by atoms with van der Waals surface area (Å²) in [6.45, 7) is 3.58. The number of nitrogens with one attached hydrogen (secondary N) is 1. The van der Waals surface area contributed by atoms with E-state index in [1.807, 2.05) is 30.3 Å². The first-order chi connectivity index (χ1) is 13.5. The molecule has 0 radical (unpaired) electrons. The van der Waals surface area contributed by atoms with Crippen LogP contribution in [0, 0.1) is 5.92 Å². The molecule has 2 aliphatic rings. The van der Waals surface area contributed by atoms with Crippen molar-refractivity contribution in [3.63, 3.8) is 0 Å². The van der Waals surface area contributed by atoms with Gasteiger partial charge in [0, 0.05) is 46.1 Å². The topological polar surface area (TPSA) is 87.5 Å². The Balaban J connectivity index is 1.62. The lowest BCUT2D eigenvalue weighted by atomic mass is 10.0. The summed E-state index contributed by atoms with van der Waals surface area (Å²) in [6, 6.07) is 9.51. The predicted octanol–water partition coefficient (Wildman–Crippen LogP) is 0.918. The van der Waals surface area contributed by atoms with E-state index in [-0.39, 0.29) is 35.4 Å². The smallest absolute Gasteiger partial charge is 0.272 e. The van der Waals surface area contributed by atoms with Crippen molar-refractivity contribution in [3.05, 3.63) is 53.6 Å². The molecule has 2 aromatic rings. The van der Waals surface area contributed by atoms with Crippen LogP contribution in [0.4, 0.5) is 0 Å². The molecule has 0 aliphatic carbocycles. The highest BCUT2D eigenvalue weighted by atomic mass is 16.2. The Morgan fingerprint density at radius 3 is 2.64 bits per heavy atom. The summed E-state index contributed by atoms with van der Waals surface area (Å²) in [5, 5.41) is 2.84. The number of hydrogen-bond donors (Lipinski definition) is 1. The lowest BCUT2D eigenvalue weighted by Crippen LogP contribution is -2.34. The third kappa shape index (κ3) is 3.15. The Hall–Kier alpha value is -3.16. The molecule has 8 nitrogen and oxygen atoms in total. The summed E-state index contributed by atoms with van der Waals surface area (Å²) in [7, 11) is 1.73. The van der Waals surface area contributed by atoms with Gasteiger partial charge in [-0.2, -0.15) is 0 Å². The van der Waals surface area contributed by atoms with Crippen LogP contribution in [0.25, 0.3) is 0 Å². The number of carbonyl (C=O) groups excluding carboxylic acids is 3. The van der Waals surface area contributed by atoms with E-state index in [2.05, 4.69) is 10.3 Å². The maximum atomic E-state index is 12.9. The van der Waals surface area contributed by atoms with Crippen molar-refractivity contribution < 1.29 is 14.4 Å². The number of imidazole rings is 1. The molecule has 3 heterocycles. The molecule has 28 heavy (non-hydrogen) atoms. The zero-order chi connectivity index (χ0) is 19.8. The lowest BCUT2D eigenvalue weighted by molar-refractivity contribution is -0.128. The first-order valence-corrected chi connectivity index (χ1v) is 9.35. The molecule has 1 aromatic carbocycles. The van der Waals surface area contributed by atoms with E-state index in [0.29, 0.717) is 31.9 Å². The average molecular weight is 381 g/mol. The van der Waals surface area contributed by atoms with Crippen LogP contribution >= 0.6 is 0 Å². The van der Waals surface area contributed by atoms with Crippen molar-refractivity contribution in [1.29, 1.82) is 0 Å². The number of likely N-dealkylation sites (tertiary alicyclic amines) is 1. The van der Waals surface area contributed by atoms with Crippen molar-refractivity contribution in [2.75, 3.05) is 26.7 Å². The highest BCUT2D eigenvalue weighted by molar-refractivity contribution is 6.05. The van der Waals surface area contributed by atoms with E-state index in [9.17, 15) is 14.4 Å². The Morgan fingerprint density at radius 1 is 1.18 bits per heavy atom. The SMILES string of the molecule is CC(=O)N1C[C@H]2CN(C)C(=O)c3c(C(=O)NCc4ccccc4)ncn3[C@H]2C1. The van der Waals surface area contributed by atoms with Gasteiger partial charge in [0.15, 0.2) is 5.69 Å². The molecule has 1 aromatic heterocycles. The van der Waals surface area contributed by atoms with Crippen LogP contribution in [0.3, 0.4) is 0 Å². The van der Waals surface area contributed by atoms with Crippen LogP contribution in [-0.4, -0.2) is 63.8 Å². The Labute approximate surface area is 163 Å². The highest BCUT2D eigenvalue weighted by Crippen LogP contribution is 2.33. The summed E-state index contributed by atoms with van der Waals surface area (Å²) in [5.41, 5.74) is 1.40. The third-order valence-corrected chi connectivity index (χ3v) is 5.57. The van der Waals surface area contributed by atoms with Gasteiger partial charge in [0.05, 0.1) is 12.4 Å². The van der Waals surface area contributed by atoms with Gasteiger partial charge in [-0.15, -0.1) is 0 Å². The fourth-order valence-corrected chi connectivity index (χ4v) is 4.07. The molecule has 3 amide bonds. The van der Waals surface area contributed by atoms with Gasteiger partial charge in [-0.3, -0.25) is 14.4 Å². The van der Waals surface area contributed by atoms with Gasteiger partial charge in [-0.25, -0.2) is 4.98 Å². The molecule has 0 saturated carbocycles. The number of carbonyl (C=O) groups is 3. The zero-order valence-electron chi connectivity index (χ0n) is 16.0. The zero-order valence-corrected chi connectivity index (χ0v) is 16.0. The summed E-state index contributed by atoms with van der Waals surface area (Å²) in [5.74, 6) is -0.455. The van der Waals surface area contributed by atoms with Crippen LogP contribution in [0.15, 0.2) is 36.7 Å². The van der Waals surface area contributed by atoms with Crippen LogP contribution < -0.4 is 5.32 Å². The van der Waals surface area contributed by atoms with Gasteiger partial charge < -0.3 is 19.7 Å². The maximum absolute atomic E-state index is 12.9. The maximum Gasteiger partial charge on any atom is 0.272 e. The molecule has 0 bridgehead atoms. The summed E-state index contributed by atoms with van der Waals surface area (Å²) >= 11 is 0. The van der Waals surface area contributed by atoms with Crippen LogP contribution in [0.2, 0.25) is 0 Å². The van der Waals surface area contributed by atoms with Gasteiger partial charge >= 0.3 is 0 Å². The van der Waals surface area contributed by atoms with E-state index in [4.69, 9.17) is 0 Å². The quantitative estimate of drug-likeness (QED) is 0.856. The fraction of sp³-hybridized carbons (Fsp3) is 0.400. The minimum Gasteiger partial charge on any atom is -0.347 e. The van der Waals surface area contributed by atoms with Crippen molar-refractivity contribution in [3.8, 4) is 0 Å². The van der Waals surface area contributed by atoms with E-state index in [1.54, 1.807) is 34.7 Å². The van der Waals surface area contributed by atoms with Crippen molar-refractivity contribution in [2.45, 2.75) is 19.5 Å². The first kappa shape index (κ1) is 18.2. The molecular weight excluding hydrogens is 358 g/mol. The van der Waals surface area contributed by atoms with Gasteiger partial charge in [0.2, 0.25) is 5.91 Å². The second-order valence-electron chi connectivity index (χ2n) is 7.45. The van der Waals surface area contributed by atoms with Crippen molar-refractivity contribution in [1.82, 2.24) is 24.7 Å². The molecule has 146 valence electrons. The summed E-state index contributed by atoms with van der Waals surface area (Å²) in [6.07, 6.45) is 1.56. The van der Waals surface area contributed by atoms with Gasteiger partial charge in [0.1, 0.15) is 5.69 Å². The Kier molecular flexibility index (Phi) is 4.62. The second-order valence-corrected chi connectivity index (χ2v) is 7.45. The van der Waals surface area contributed by atoms with Gasteiger partial charge in [0.25, 0.3) is 11.8 Å². The van der Waals surface area contributed by atoms with E-state index in [1.165, 1.54) is 0 Å². The molecule has 8 heteroatoms. The van der Waals surface area contributed by atoms with E-state index >= 15 is 0 Å². The molecule has 2 aliphatic heterocycles. The second kappa shape index (κ2) is 7.10. The molecular formula is C20H23N5O3. The normalized spacial score (nSPS) is 21.1. The predicted molar refractivity (Wildman–Crippen MR) is 102 cm³/mol. The Morgan fingerprint density at radius 2 is 1.93 bits per heavy atom. The van der Waals surface area contributed by atoms with Gasteiger partial charge in [-0.05, 0) is 5.56 Å². The number of fused-ring (bicyclic) bond motifs is 3. The number of hydrogen-bond acceptors (Lipinski definition) is 4. The van der Waals surface area contributed by atoms with Crippen molar-refractivity contribution >= 4 is 17.7 Å². The van der Waals surface area contributed by atoms with Crippen LogP contribution in [-0.2, 0) is 11.3 Å². The minimum atomic E-state index is -0.376. The molecule has 2 atom stereocenters. The molecule has 0 unspecified atom stereocenters. The average Bonchev–Trinajstić information content (AvgIpc) is 3.28. The highest BCUT2D eigenvalue weighted by Gasteiger charge is 2.42. The van der Waals surface area contributed by atoms with Crippen LogP contribution in [0.1, 0.15) is 39.5 Å². The number of nitrogens with zero attached hydrogens (tertiary/aromatic N) is 4. The van der Waals surface area contributed by atoms with Gasteiger partial charge in [-0.1, -0.05) is 30.3 Å². The number of rotatable bonds is 3.